The molecule has 3 aromatic rings. The summed E-state index contributed by atoms with van der Waals surface area (Å²) in [6.45, 7) is 2.25. The van der Waals surface area contributed by atoms with Crippen molar-refractivity contribution in [1.29, 1.82) is 0 Å². The van der Waals surface area contributed by atoms with Gasteiger partial charge in [0, 0.05) is 16.6 Å². The number of benzene rings is 2. The van der Waals surface area contributed by atoms with E-state index in [2.05, 4.69) is 41.5 Å². The van der Waals surface area contributed by atoms with Gasteiger partial charge in [0.2, 0.25) is 0 Å². The van der Waals surface area contributed by atoms with Crippen LogP contribution in [0.4, 0.5) is 10.8 Å². The van der Waals surface area contributed by atoms with Gasteiger partial charge in [-0.2, -0.15) is 0 Å². The van der Waals surface area contributed by atoms with Gasteiger partial charge in [-0.05, 0) is 48.7 Å². The third-order valence-corrected chi connectivity index (χ3v) is 5.56. The van der Waals surface area contributed by atoms with Crippen molar-refractivity contribution in [1.82, 2.24) is 4.98 Å². The zero-order valence-corrected chi connectivity index (χ0v) is 17.1. The molecule has 0 radical (unpaired) electrons. The predicted octanol–water partition coefficient (Wildman–Crippen LogP) is 6.87. The molecule has 0 aliphatic heterocycles. The first-order valence-electron chi connectivity index (χ1n) is 9.99. The van der Waals surface area contributed by atoms with Gasteiger partial charge in [-0.25, -0.2) is 4.98 Å². The number of aromatic hydroxyl groups is 2. The summed E-state index contributed by atoms with van der Waals surface area (Å²) < 4.78 is 0. The summed E-state index contributed by atoms with van der Waals surface area (Å²) >= 11 is 1.51. The second-order valence-electron chi connectivity index (χ2n) is 7.08. The van der Waals surface area contributed by atoms with Crippen molar-refractivity contribution < 1.29 is 10.2 Å². The standard InChI is InChI=1S/C23H28N2O2S/c1-2-3-4-5-6-7-8-17-9-12-19(13-10-17)24-23-25-20(16-28-23)18-11-14-21(26)22(27)15-18/h9-16,26-27H,2-8H2,1H3,(H,24,25). The Kier molecular flexibility index (Phi) is 7.31. The Morgan fingerprint density at radius 1 is 0.893 bits per heavy atom. The number of hydrogen-bond acceptors (Lipinski definition) is 5. The number of anilines is 2. The highest BCUT2D eigenvalue weighted by atomic mass is 32.1. The van der Waals surface area contributed by atoms with E-state index in [0.29, 0.717) is 0 Å². The minimum atomic E-state index is -0.138. The van der Waals surface area contributed by atoms with Gasteiger partial charge >= 0.3 is 0 Å². The molecule has 2 aromatic carbocycles. The number of unbranched alkanes of at least 4 members (excludes halogenated alkanes) is 5. The number of nitrogens with one attached hydrogen (secondary N) is 1. The predicted molar refractivity (Wildman–Crippen MR) is 118 cm³/mol. The zero-order valence-electron chi connectivity index (χ0n) is 16.3. The summed E-state index contributed by atoms with van der Waals surface area (Å²) in [6.07, 6.45) is 9.06. The zero-order chi connectivity index (χ0) is 19.8. The quantitative estimate of drug-likeness (QED) is 0.258. The summed E-state index contributed by atoms with van der Waals surface area (Å²) in [5, 5.41) is 25.2. The van der Waals surface area contributed by atoms with Gasteiger partial charge in [0.05, 0.1) is 5.69 Å². The third-order valence-electron chi connectivity index (χ3n) is 4.80. The summed E-state index contributed by atoms with van der Waals surface area (Å²) in [4.78, 5) is 4.57. The van der Waals surface area contributed by atoms with Crippen molar-refractivity contribution in [3.05, 3.63) is 53.4 Å². The molecular weight excluding hydrogens is 368 g/mol. The first-order valence-corrected chi connectivity index (χ1v) is 10.9. The number of aromatic nitrogens is 1. The molecule has 4 nitrogen and oxygen atoms in total. The maximum absolute atomic E-state index is 9.65. The molecule has 0 saturated carbocycles. The Bertz CT molecular complexity index is 875. The normalized spacial score (nSPS) is 10.9. The van der Waals surface area contributed by atoms with Crippen LogP contribution in [0.2, 0.25) is 0 Å². The molecule has 3 N–H and O–H groups in total. The van der Waals surface area contributed by atoms with Crippen molar-refractivity contribution in [2.45, 2.75) is 51.9 Å². The lowest BCUT2D eigenvalue weighted by molar-refractivity contribution is 0.404. The SMILES string of the molecule is CCCCCCCCc1ccc(Nc2nc(-c3ccc(O)c(O)c3)cs2)cc1. The lowest BCUT2D eigenvalue weighted by atomic mass is 10.0. The van der Waals surface area contributed by atoms with Gasteiger partial charge in [0.15, 0.2) is 16.6 Å². The molecule has 1 aromatic heterocycles. The first kappa shape index (κ1) is 20.2. The van der Waals surface area contributed by atoms with Gasteiger partial charge in [-0.15, -0.1) is 11.3 Å². The Morgan fingerprint density at radius 3 is 2.39 bits per heavy atom. The lowest BCUT2D eigenvalue weighted by Crippen LogP contribution is -1.91. The summed E-state index contributed by atoms with van der Waals surface area (Å²) in [7, 11) is 0. The van der Waals surface area contributed by atoms with Crippen LogP contribution in [0.5, 0.6) is 11.5 Å². The summed E-state index contributed by atoms with van der Waals surface area (Å²) in [6, 6.07) is 13.3. The average molecular weight is 397 g/mol. The van der Waals surface area contributed by atoms with E-state index in [9.17, 15) is 10.2 Å². The number of aryl methyl sites for hydroxylation is 1. The van der Waals surface area contributed by atoms with Crippen LogP contribution in [0.15, 0.2) is 47.8 Å². The number of thiazole rings is 1. The smallest absolute Gasteiger partial charge is 0.187 e. The van der Waals surface area contributed by atoms with Crippen molar-refractivity contribution in [3.8, 4) is 22.8 Å². The Balaban J connectivity index is 1.52. The van der Waals surface area contributed by atoms with E-state index >= 15 is 0 Å². The Morgan fingerprint density at radius 2 is 1.64 bits per heavy atom. The first-order chi connectivity index (χ1) is 13.7. The van der Waals surface area contributed by atoms with Gasteiger partial charge in [-0.1, -0.05) is 51.2 Å². The van der Waals surface area contributed by atoms with Crippen LogP contribution in [0, 0.1) is 0 Å². The van der Waals surface area contributed by atoms with Gasteiger partial charge in [0.1, 0.15) is 0 Å². The van der Waals surface area contributed by atoms with E-state index in [-0.39, 0.29) is 11.5 Å². The highest BCUT2D eigenvalue weighted by molar-refractivity contribution is 7.14. The van der Waals surface area contributed by atoms with Crippen LogP contribution in [-0.4, -0.2) is 15.2 Å². The number of phenolic OH excluding ortho intramolecular Hbond substituents is 2. The Hall–Kier alpha value is -2.53. The molecular formula is C23H28N2O2S. The van der Waals surface area contributed by atoms with Crippen LogP contribution in [0.1, 0.15) is 51.0 Å². The van der Waals surface area contributed by atoms with Crippen molar-refractivity contribution in [2.75, 3.05) is 5.32 Å². The molecule has 28 heavy (non-hydrogen) atoms. The molecule has 0 amide bonds. The molecule has 148 valence electrons. The fraction of sp³-hybridized carbons (Fsp3) is 0.348. The number of rotatable bonds is 10. The van der Waals surface area contributed by atoms with E-state index < -0.39 is 0 Å². The molecule has 0 atom stereocenters. The summed E-state index contributed by atoms with van der Waals surface area (Å²) in [5.41, 5.74) is 3.93. The van der Waals surface area contributed by atoms with Gasteiger partial charge in [-0.3, -0.25) is 0 Å². The van der Waals surface area contributed by atoms with E-state index in [1.165, 1.54) is 67.6 Å². The number of nitrogens with zero attached hydrogens (tertiary/aromatic N) is 1. The molecule has 3 rings (SSSR count). The van der Waals surface area contributed by atoms with Crippen LogP contribution in [0.25, 0.3) is 11.3 Å². The minimum Gasteiger partial charge on any atom is -0.504 e. The van der Waals surface area contributed by atoms with E-state index in [1.807, 2.05) is 5.38 Å². The van der Waals surface area contributed by atoms with Crippen molar-refractivity contribution in [2.24, 2.45) is 0 Å². The highest BCUT2D eigenvalue weighted by Gasteiger charge is 2.08. The minimum absolute atomic E-state index is 0.127. The van der Waals surface area contributed by atoms with Gasteiger partial charge in [0.25, 0.3) is 0 Å². The average Bonchev–Trinajstić information content (AvgIpc) is 3.16. The van der Waals surface area contributed by atoms with Crippen LogP contribution in [-0.2, 0) is 6.42 Å². The lowest BCUT2D eigenvalue weighted by Gasteiger charge is -2.05. The second-order valence-corrected chi connectivity index (χ2v) is 7.94. The van der Waals surface area contributed by atoms with Crippen LogP contribution < -0.4 is 5.32 Å². The molecule has 1 heterocycles. The molecule has 0 fully saturated rings. The maximum atomic E-state index is 9.65. The van der Waals surface area contributed by atoms with Crippen molar-refractivity contribution >= 4 is 22.2 Å². The monoisotopic (exact) mass is 396 g/mol. The Labute approximate surface area is 170 Å². The molecule has 0 unspecified atom stereocenters. The summed E-state index contributed by atoms with van der Waals surface area (Å²) in [5.74, 6) is -0.265. The van der Waals surface area contributed by atoms with E-state index in [4.69, 9.17) is 0 Å². The van der Waals surface area contributed by atoms with Crippen LogP contribution in [0.3, 0.4) is 0 Å². The molecule has 0 saturated heterocycles. The molecule has 0 bridgehead atoms. The van der Waals surface area contributed by atoms with Crippen molar-refractivity contribution in [3.63, 3.8) is 0 Å². The molecule has 0 aliphatic carbocycles. The third kappa shape index (κ3) is 5.73. The fourth-order valence-corrected chi connectivity index (χ4v) is 3.87. The van der Waals surface area contributed by atoms with Crippen LogP contribution >= 0.6 is 11.3 Å². The number of hydrogen-bond donors (Lipinski definition) is 3. The molecule has 5 heteroatoms. The number of phenols is 2. The topological polar surface area (TPSA) is 65.4 Å². The molecule has 0 spiro atoms. The largest absolute Gasteiger partial charge is 0.504 e. The fourth-order valence-electron chi connectivity index (χ4n) is 3.13. The van der Waals surface area contributed by atoms with Gasteiger partial charge < -0.3 is 15.5 Å². The van der Waals surface area contributed by atoms with E-state index in [1.54, 1.807) is 6.07 Å². The molecule has 0 aliphatic rings. The van der Waals surface area contributed by atoms with E-state index in [0.717, 1.165) is 28.5 Å². The second kappa shape index (κ2) is 10.1. The maximum Gasteiger partial charge on any atom is 0.187 e. The highest BCUT2D eigenvalue weighted by Crippen LogP contribution is 2.32.